The second kappa shape index (κ2) is 5.18. The van der Waals surface area contributed by atoms with Crippen molar-refractivity contribution in [3.8, 4) is 0 Å². The summed E-state index contributed by atoms with van der Waals surface area (Å²) >= 11 is 1.84. The number of ether oxygens (including phenoxy) is 1. The fraction of sp³-hybridized carbons (Fsp3) is 0.900. The lowest BCUT2D eigenvalue weighted by atomic mass is 10.1. The second-order valence-corrected chi connectivity index (χ2v) is 5.13. The van der Waals surface area contributed by atoms with Gasteiger partial charge < -0.3 is 15.0 Å². The number of thioether (sulfide) groups is 1. The van der Waals surface area contributed by atoms with Crippen molar-refractivity contribution in [2.75, 3.05) is 38.2 Å². The average molecular weight is 230 g/mol. The van der Waals surface area contributed by atoms with Gasteiger partial charge in [-0.05, 0) is 13.5 Å². The average Bonchev–Trinajstić information content (AvgIpc) is 2.35. The monoisotopic (exact) mass is 230 g/mol. The predicted octanol–water partition coefficient (Wildman–Crippen LogP) is -0.0613. The summed E-state index contributed by atoms with van der Waals surface area (Å²) in [6.45, 7) is 2.50. The highest BCUT2D eigenvalue weighted by Crippen LogP contribution is 2.17. The van der Waals surface area contributed by atoms with Gasteiger partial charge >= 0.3 is 0 Å². The molecule has 0 spiro atoms. The first-order chi connectivity index (χ1) is 7.31. The number of carbonyl (C=O) groups is 1. The van der Waals surface area contributed by atoms with E-state index in [-0.39, 0.29) is 18.1 Å². The Hall–Kier alpha value is -0.260. The Morgan fingerprint density at radius 3 is 3.07 bits per heavy atom. The van der Waals surface area contributed by atoms with Crippen LogP contribution in [-0.2, 0) is 9.53 Å². The highest BCUT2D eigenvalue weighted by atomic mass is 32.2. The van der Waals surface area contributed by atoms with E-state index in [0.29, 0.717) is 0 Å². The fourth-order valence-corrected chi connectivity index (χ4v) is 2.90. The van der Waals surface area contributed by atoms with Crippen LogP contribution in [0.3, 0.4) is 0 Å². The molecule has 0 aromatic rings. The summed E-state index contributed by atoms with van der Waals surface area (Å²) in [6, 6.07) is -0.0161. The molecule has 0 saturated carbocycles. The van der Waals surface area contributed by atoms with Gasteiger partial charge in [-0.25, -0.2) is 0 Å². The first-order valence-electron chi connectivity index (χ1n) is 5.46. The van der Waals surface area contributed by atoms with Crippen LogP contribution in [0.2, 0.25) is 0 Å². The summed E-state index contributed by atoms with van der Waals surface area (Å²) in [6.07, 6.45) is 1.38. The molecule has 2 unspecified atom stereocenters. The lowest BCUT2D eigenvalue weighted by Crippen LogP contribution is -2.50. The van der Waals surface area contributed by atoms with Gasteiger partial charge in [0.2, 0.25) is 5.91 Å². The quantitative estimate of drug-likeness (QED) is 0.737. The van der Waals surface area contributed by atoms with Crippen molar-refractivity contribution in [3.05, 3.63) is 0 Å². The van der Waals surface area contributed by atoms with Crippen LogP contribution in [0.5, 0.6) is 0 Å². The Balaban J connectivity index is 1.91. The van der Waals surface area contributed by atoms with Crippen LogP contribution >= 0.6 is 11.8 Å². The summed E-state index contributed by atoms with van der Waals surface area (Å²) in [5, 5.41) is 3.08. The Kier molecular flexibility index (Phi) is 3.88. The van der Waals surface area contributed by atoms with E-state index in [4.69, 9.17) is 4.74 Å². The molecule has 86 valence electrons. The van der Waals surface area contributed by atoms with Crippen LogP contribution in [0, 0.1) is 0 Å². The zero-order chi connectivity index (χ0) is 10.7. The molecule has 2 atom stereocenters. The topological polar surface area (TPSA) is 41.6 Å². The van der Waals surface area contributed by atoms with Crippen LogP contribution in [-0.4, -0.2) is 61.2 Å². The largest absolute Gasteiger partial charge is 0.376 e. The molecule has 0 aromatic heterocycles. The molecule has 2 fully saturated rings. The number of nitrogens with one attached hydrogen (secondary N) is 1. The number of hydrogen-bond acceptors (Lipinski definition) is 4. The third kappa shape index (κ3) is 2.65. The number of likely N-dealkylation sites (N-methyl/N-ethyl adjacent to an activating group) is 1. The van der Waals surface area contributed by atoms with Crippen molar-refractivity contribution in [1.29, 1.82) is 0 Å². The van der Waals surface area contributed by atoms with Gasteiger partial charge in [-0.3, -0.25) is 4.79 Å². The van der Waals surface area contributed by atoms with Gasteiger partial charge in [0.15, 0.2) is 0 Å². The van der Waals surface area contributed by atoms with Crippen LogP contribution in [0.15, 0.2) is 0 Å². The Bertz CT molecular complexity index is 233. The van der Waals surface area contributed by atoms with Crippen LogP contribution in [0.4, 0.5) is 0 Å². The molecule has 2 aliphatic heterocycles. The van der Waals surface area contributed by atoms with Crippen molar-refractivity contribution in [2.45, 2.75) is 18.6 Å². The molecule has 1 amide bonds. The lowest BCUT2D eigenvalue weighted by Gasteiger charge is -2.33. The Labute approximate surface area is 94.7 Å². The molecule has 0 radical (unpaired) electrons. The first kappa shape index (κ1) is 11.2. The van der Waals surface area contributed by atoms with Crippen LogP contribution < -0.4 is 5.32 Å². The van der Waals surface area contributed by atoms with Gasteiger partial charge in [-0.15, -0.1) is 0 Å². The summed E-state index contributed by atoms with van der Waals surface area (Å²) in [5.74, 6) is 2.16. The Morgan fingerprint density at radius 1 is 1.67 bits per heavy atom. The van der Waals surface area contributed by atoms with E-state index in [1.165, 1.54) is 0 Å². The highest BCUT2D eigenvalue weighted by molar-refractivity contribution is 7.99. The number of rotatable bonds is 3. The second-order valence-electron chi connectivity index (χ2n) is 3.98. The van der Waals surface area contributed by atoms with Crippen molar-refractivity contribution in [1.82, 2.24) is 10.2 Å². The fourth-order valence-electron chi connectivity index (χ4n) is 1.84. The molecule has 5 heteroatoms. The Morgan fingerprint density at radius 2 is 2.47 bits per heavy atom. The zero-order valence-electron chi connectivity index (χ0n) is 9.07. The van der Waals surface area contributed by atoms with Crippen molar-refractivity contribution in [2.24, 2.45) is 0 Å². The molecule has 0 aliphatic carbocycles. The summed E-state index contributed by atoms with van der Waals surface area (Å²) in [7, 11) is 1.85. The minimum atomic E-state index is -0.0161. The number of amides is 1. The first-order valence-corrected chi connectivity index (χ1v) is 6.62. The standard InChI is InChI=1S/C10H18N2O2S/c1-11-9-7-15-5-3-12(10(9)13)6-8-2-4-14-8/h8-9,11H,2-7H2,1H3. The minimum Gasteiger partial charge on any atom is -0.376 e. The van der Waals surface area contributed by atoms with Gasteiger partial charge in [-0.1, -0.05) is 0 Å². The van der Waals surface area contributed by atoms with Crippen molar-refractivity contribution >= 4 is 17.7 Å². The molecule has 2 aliphatic rings. The van der Waals surface area contributed by atoms with Crippen molar-refractivity contribution in [3.63, 3.8) is 0 Å². The maximum absolute atomic E-state index is 12.0. The third-order valence-corrected chi connectivity index (χ3v) is 4.01. The summed E-state index contributed by atoms with van der Waals surface area (Å²) < 4.78 is 5.37. The number of carbonyl (C=O) groups excluding carboxylic acids is 1. The van der Waals surface area contributed by atoms with E-state index in [2.05, 4.69) is 5.32 Å². The third-order valence-electron chi connectivity index (χ3n) is 2.97. The zero-order valence-corrected chi connectivity index (χ0v) is 9.89. The van der Waals surface area contributed by atoms with Gasteiger partial charge in [0.05, 0.1) is 12.1 Å². The van der Waals surface area contributed by atoms with Gasteiger partial charge in [0.25, 0.3) is 0 Å². The molecule has 2 heterocycles. The minimum absolute atomic E-state index is 0.0161. The number of hydrogen-bond donors (Lipinski definition) is 1. The molecule has 4 nitrogen and oxygen atoms in total. The SMILES string of the molecule is CNC1CSCCN(CC2CCO2)C1=O. The van der Waals surface area contributed by atoms with Gasteiger partial charge in [-0.2, -0.15) is 11.8 Å². The summed E-state index contributed by atoms with van der Waals surface area (Å²) in [4.78, 5) is 14.0. The van der Waals surface area contributed by atoms with E-state index in [9.17, 15) is 4.79 Å². The van der Waals surface area contributed by atoms with E-state index >= 15 is 0 Å². The molecule has 2 saturated heterocycles. The van der Waals surface area contributed by atoms with Crippen LogP contribution in [0.1, 0.15) is 6.42 Å². The van der Waals surface area contributed by atoms with Crippen LogP contribution in [0.25, 0.3) is 0 Å². The maximum atomic E-state index is 12.0. The van der Waals surface area contributed by atoms with Crippen molar-refractivity contribution < 1.29 is 9.53 Å². The smallest absolute Gasteiger partial charge is 0.240 e. The van der Waals surface area contributed by atoms with Gasteiger partial charge in [0.1, 0.15) is 0 Å². The molecule has 2 rings (SSSR count). The molecule has 0 bridgehead atoms. The summed E-state index contributed by atoms with van der Waals surface area (Å²) in [5.41, 5.74) is 0. The highest BCUT2D eigenvalue weighted by Gasteiger charge is 2.29. The molecular weight excluding hydrogens is 212 g/mol. The predicted molar refractivity (Wildman–Crippen MR) is 61.1 cm³/mol. The molecular formula is C10H18N2O2S. The van der Waals surface area contributed by atoms with E-state index in [1.807, 2.05) is 23.7 Å². The van der Waals surface area contributed by atoms with E-state index < -0.39 is 0 Å². The van der Waals surface area contributed by atoms with Gasteiger partial charge in [0, 0.05) is 31.2 Å². The molecule has 0 aromatic carbocycles. The normalized spacial score (nSPS) is 32.3. The van der Waals surface area contributed by atoms with E-state index in [0.717, 1.165) is 37.6 Å². The molecule has 15 heavy (non-hydrogen) atoms. The number of nitrogens with zero attached hydrogens (tertiary/aromatic N) is 1. The lowest BCUT2D eigenvalue weighted by molar-refractivity contribution is -0.137. The molecule has 1 N–H and O–H groups in total. The van der Waals surface area contributed by atoms with E-state index in [1.54, 1.807) is 0 Å². The maximum Gasteiger partial charge on any atom is 0.240 e.